The maximum absolute atomic E-state index is 11.9. The lowest BCUT2D eigenvalue weighted by Crippen LogP contribution is -2.37. The minimum Gasteiger partial charge on any atom is -0.463 e. The number of hydrogen-bond acceptors (Lipinski definition) is 10. The Balaban J connectivity index is 2.12. The zero-order valence-corrected chi connectivity index (χ0v) is 15.4. The van der Waals surface area contributed by atoms with Crippen molar-refractivity contribution in [2.75, 3.05) is 12.3 Å². The summed E-state index contributed by atoms with van der Waals surface area (Å²) in [5.74, 6) is -0.816. The Morgan fingerprint density at radius 2 is 2.15 bits per heavy atom. The molecule has 27 heavy (non-hydrogen) atoms. The first kappa shape index (κ1) is 21.5. The van der Waals surface area contributed by atoms with Crippen molar-refractivity contribution in [3.05, 3.63) is 22.7 Å². The third-order valence-corrected chi connectivity index (χ3v) is 4.27. The lowest BCUT2D eigenvalue weighted by Gasteiger charge is -2.19. The van der Waals surface area contributed by atoms with Crippen molar-refractivity contribution in [2.24, 2.45) is 0 Å². The molecule has 5 atom stereocenters. The van der Waals surface area contributed by atoms with Crippen molar-refractivity contribution in [2.45, 2.75) is 37.4 Å². The second-order valence-electron chi connectivity index (χ2n) is 5.48. The predicted octanol–water partition coefficient (Wildman–Crippen LogP) is -1.06. The molecule has 1 aromatic rings. The van der Waals surface area contributed by atoms with Gasteiger partial charge in [0, 0.05) is 12.6 Å². The van der Waals surface area contributed by atoms with Gasteiger partial charge < -0.3 is 29.7 Å². The molecule has 0 bridgehead atoms. The van der Waals surface area contributed by atoms with Gasteiger partial charge in [-0.2, -0.15) is 4.98 Å². The molecule has 12 nitrogen and oxygen atoms in total. The highest BCUT2D eigenvalue weighted by Gasteiger charge is 2.47. The molecular weight excluding hydrogens is 409 g/mol. The molecule has 1 unspecified atom stereocenters. The summed E-state index contributed by atoms with van der Waals surface area (Å²) in [5.41, 5.74) is 4.57. The molecule has 1 aromatic heterocycles. The summed E-state index contributed by atoms with van der Waals surface area (Å²) in [7, 11) is -3.48. The van der Waals surface area contributed by atoms with Crippen LogP contribution in [0.15, 0.2) is 17.1 Å². The lowest BCUT2D eigenvalue weighted by molar-refractivity contribution is -0.150. The van der Waals surface area contributed by atoms with Crippen molar-refractivity contribution in [3.8, 4) is 0 Å². The van der Waals surface area contributed by atoms with Crippen LogP contribution in [0, 0.1) is 0 Å². The second kappa shape index (κ2) is 9.40. The number of carbonyl (C=O) groups excluding carboxylic acids is 2. The average molecular weight is 426 g/mol. The number of ether oxygens (including phenoxy) is 2. The van der Waals surface area contributed by atoms with E-state index in [0.29, 0.717) is 0 Å². The van der Waals surface area contributed by atoms with Crippen LogP contribution < -0.4 is 11.4 Å². The molecule has 0 saturated carbocycles. The molecule has 14 heteroatoms. The molecule has 0 radical (unpaired) electrons. The molecule has 4 N–H and O–H groups in total. The number of rotatable bonds is 8. The highest BCUT2D eigenvalue weighted by atomic mass is 35.5. The number of aliphatic hydroxyl groups excluding tert-OH is 1. The van der Waals surface area contributed by atoms with Gasteiger partial charge in [0.15, 0.2) is 6.23 Å². The first-order chi connectivity index (χ1) is 12.7. The molecule has 2 rings (SSSR count). The summed E-state index contributed by atoms with van der Waals surface area (Å²) in [6, 6.07) is 1.29. The Hall–Kier alpha value is -1.82. The quantitative estimate of drug-likeness (QED) is 0.262. The molecule has 0 amide bonds. The Labute approximate surface area is 157 Å². The first-order valence-corrected chi connectivity index (χ1v) is 9.25. The number of aromatic nitrogens is 2. The minimum atomic E-state index is -3.48. The van der Waals surface area contributed by atoms with E-state index in [1.165, 1.54) is 12.3 Å². The van der Waals surface area contributed by atoms with E-state index < -0.39 is 56.3 Å². The van der Waals surface area contributed by atoms with Gasteiger partial charge in [-0.1, -0.05) is 0 Å². The monoisotopic (exact) mass is 425 g/mol. The van der Waals surface area contributed by atoms with Crippen LogP contribution >= 0.6 is 19.9 Å². The van der Waals surface area contributed by atoms with E-state index in [2.05, 4.69) is 4.98 Å². The number of esters is 1. The van der Waals surface area contributed by atoms with Crippen LogP contribution in [0.2, 0.25) is 0 Å². The van der Waals surface area contributed by atoms with Crippen molar-refractivity contribution < 1.29 is 38.2 Å². The van der Waals surface area contributed by atoms with E-state index in [0.717, 1.165) is 4.57 Å². The summed E-state index contributed by atoms with van der Waals surface area (Å²) in [5, 5.41) is 9.64. The van der Waals surface area contributed by atoms with Crippen LogP contribution in [-0.2, 0) is 28.2 Å². The molecular formula is C13H17ClN3O9P. The first-order valence-electron chi connectivity index (χ1n) is 7.60. The van der Waals surface area contributed by atoms with E-state index in [4.69, 9.17) is 36.2 Å². The van der Waals surface area contributed by atoms with Crippen LogP contribution in [-0.4, -0.2) is 55.7 Å². The molecule has 2 heterocycles. The summed E-state index contributed by atoms with van der Waals surface area (Å²) >= 11 is 5.13. The van der Waals surface area contributed by atoms with Gasteiger partial charge in [0.1, 0.15) is 30.7 Å². The SMILES string of the molecule is Nc1ccn([C@@H]2O[C@H](COC(=O)CCC(=O)Cl)[C@@H](O[PH](=O)O)[C@H]2O)c(=O)n1. The maximum atomic E-state index is 11.9. The number of anilines is 1. The van der Waals surface area contributed by atoms with Crippen molar-refractivity contribution in [1.82, 2.24) is 9.55 Å². The number of hydrogen-bond donors (Lipinski definition) is 3. The fourth-order valence-electron chi connectivity index (χ4n) is 2.41. The summed E-state index contributed by atoms with van der Waals surface area (Å²) in [4.78, 5) is 46.7. The summed E-state index contributed by atoms with van der Waals surface area (Å²) in [6.45, 7) is -0.458. The zero-order valence-electron chi connectivity index (χ0n) is 13.7. The number of nitrogens with two attached hydrogens (primary N) is 1. The number of halogens is 1. The Morgan fingerprint density at radius 3 is 2.74 bits per heavy atom. The average Bonchev–Trinajstić information content (AvgIpc) is 2.87. The van der Waals surface area contributed by atoms with Gasteiger partial charge in [-0.05, 0) is 17.7 Å². The Kier molecular flexibility index (Phi) is 7.48. The van der Waals surface area contributed by atoms with Gasteiger partial charge in [-0.3, -0.25) is 18.7 Å². The van der Waals surface area contributed by atoms with Crippen LogP contribution in [0.3, 0.4) is 0 Å². The van der Waals surface area contributed by atoms with Crippen molar-refractivity contribution in [3.63, 3.8) is 0 Å². The minimum absolute atomic E-state index is 0.0451. The second-order valence-corrected chi connectivity index (χ2v) is 6.67. The molecule has 1 aliphatic rings. The van der Waals surface area contributed by atoms with Gasteiger partial charge in [0.25, 0.3) is 0 Å². The van der Waals surface area contributed by atoms with Gasteiger partial charge in [-0.15, -0.1) is 0 Å². The third-order valence-electron chi connectivity index (χ3n) is 3.61. The van der Waals surface area contributed by atoms with E-state index in [-0.39, 0.29) is 18.7 Å². The number of nitrogens with zero attached hydrogens (tertiary/aromatic N) is 2. The van der Waals surface area contributed by atoms with Crippen LogP contribution in [0.4, 0.5) is 5.82 Å². The molecule has 0 aliphatic carbocycles. The van der Waals surface area contributed by atoms with Gasteiger partial charge in [0.2, 0.25) is 5.24 Å². The maximum Gasteiger partial charge on any atom is 0.351 e. The fourth-order valence-corrected chi connectivity index (χ4v) is 3.03. The number of aliphatic hydroxyl groups is 1. The van der Waals surface area contributed by atoms with E-state index in [9.17, 15) is 24.1 Å². The van der Waals surface area contributed by atoms with E-state index in [1.807, 2.05) is 0 Å². The van der Waals surface area contributed by atoms with E-state index >= 15 is 0 Å². The zero-order chi connectivity index (χ0) is 20.1. The number of carbonyl (C=O) groups is 2. The molecule has 1 fully saturated rings. The van der Waals surface area contributed by atoms with Gasteiger partial charge in [-0.25, -0.2) is 4.79 Å². The standard InChI is InChI=1S/C13H17ClN3O9P/c14-7(18)1-2-9(19)24-5-6-11(26-27(22)23)10(20)12(25-6)17-4-3-8(15)16-13(17)21/h3-4,6,10-12,20,27H,1-2,5H2,(H,22,23)(H2,15,16,21)/t6-,10-,11-,12-/m1/s1. The topological polar surface area (TPSA) is 180 Å². The smallest absolute Gasteiger partial charge is 0.351 e. The van der Waals surface area contributed by atoms with Crippen LogP contribution in [0.25, 0.3) is 0 Å². The van der Waals surface area contributed by atoms with E-state index in [1.54, 1.807) is 0 Å². The van der Waals surface area contributed by atoms with Gasteiger partial charge in [0.05, 0.1) is 6.42 Å². The number of nitrogen functional groups attached to an aromatic ring is 1. The highest BCUT2D eigenvalue weighted by molar-refractivity contribution is 7.32. The molecule has 1 aliphatic heterocycles. The normalized spacial score (nSPS) is 25.9. The van der Waals surface area contributed by atoms with Crippen molar-refractivity contribution >= 4 is 36.9 Å². The Morgan fingerprint density at radius 1 is 1.44 bits per heavy atom. The van der Waals surface area contributed by atoms with Gasteiger partial charge >= 0.3 is 19.9 Å². The predicted molar refractivity (Wildman–Crippen MR) is 90.0 cm³/mol. The molecule has 0 aromatic carbocycles. The van der Waals surface area contributed by atoms with Crippen LogP contribution in [0.5, 0.6) is 0 Å². The highest BCUT2D eigenvalue weighted by Crippen LogP contribution is 2.35. The largest absolute Gasteiger partial charge is 0.463 e. The third kappa shape index (κ3) is 5.83. The molecule has 150 valence electrons. The summed E-state index contributed by atoms with van der Waals surface area (Å²) in [6.07, 6.45) is -4.66. The molecule has 1 saturated heterocycles. The summed E-state index contributed by atoms with van der Waals surface area (Å²) < 4.78 is 27.1. The lowest BCUT2D eigenvalue weighted by atomic mass is 10.1. The fraction of sp³-hybridized carbons (Fsp3) is 0.538. The Bertz CT molecular complexity index is 789. The molecule has 0 spiro atoms. The van der Waals surface area contributed by atoms with Crippen molar-refractivity contribution in [1.29, 1.82) is 0 Å². The van der Waals surface area contributed by atoms with Crippen LogP contribution in [0.1, 0.15) is 19.1 Å².